The van der Waals surface area contributed by atoms with Gasteiger partial charge in [-0.1, -0.05) is 45.4 Å². The van der Waals surface area contributed by atoms with Crippen molar-refractivity contribution in [2.24, 2.45) is 11.3 Å². The van der Waals surface area contributed by atoms with Gasteiger partial charge in [0.2, 0.25) is 0 Å². The Morgan fingerprint density at radius 1 is 1.00 bits per heavy atom. The Balaban J connectivity index is 2.52. The molecular formula is C18H26. The van der Waals surface area contributed by atoms with E-state index in [9.17, 15) is 0 Å². The van der Waals surface area contributed by atoms with Gasteiger partial charge in [0.1, 0.15) is 0 Å². The zero-order valence-electron chi connectivity index (χ0n) is 12.9. The average molecular weight is 242 g/mol. The molecule has 0 heteroatoms. The van der Waals surface area contributed by atoms with E-state index in [0.29, 0.717) is 5.92 Å². The highest BCUT2D eigenvalue weighted by atomic mass is 14.4. The second kappa shape index (κ2) is 4.26. The van der Waals surface area contributed by atoms with Crippen molar-refractivity contribution in [1.29, 1.82) is 0 Å². The first-order chi connectivity index (χ1) is 8.28. The maximum atomic E-state index is 2.42. The predicted molar refractivity (Wildman–Crippen MR) is 80.5 cm³/mol. The van der Waals surface area contributed by atoms with Crippen molar-refractivity contribution in [3.8, 4) is 0 Å². The second-order valence-electron chi connectivity index (χ2n) is 6.54. The zero-order chi connectivity index (χ0) is 13.7. The molecule has 0 bridgehead atoms. The molecule has 0 unspecified atom stereocenters. The Kier molecular flexibility index (Phi) is 3.17. The van der Waals surface area contributed by atoms with E-state index in [2.05, 4.69) is 60.6 Å². The van der Waals surface area contributed by atoms with Crippen molar-refractivity contribution in [1.82, 2.24) is 0 Å². The van der Waals surface area contributed by atoms with E-state index in [4.69, 9.17) is 0 Å². The van der Waals surface area contributed by atoms with Crippen molar-refractivity contribution in [2.75, 3.05) is 0 Å². The minimum Gasteiger partial charge on any atom is -0.0766 e. The summed E-state index contributed by atoms with van der Waals surface area (Å²) in [6.07, 6.45) is 5.93. The van der Waals surface area contributed by atoms with E-state index in [0.717, 1.165) is 6.42 Å². The lowest BCUT2D eigenvalue weighted by atomic mass is 9.75. The first-order valence-electron chi connectivity index (χ1n) is 7.09. The Labute approximate surface area is 112 Å². The Morgan fingerprint density at radius 2 is 1.61 bits per heavy atom. The molecule has 0 aromatic rings. The molecule has 0 aromatic carbocycles. The van der Waals surface area contributed by atoms with E-state index in [1.165, 1.54) is 22.3 Å². The first-order valence-corrected chi connectivity index (χ1v) is 7.09. The zero-order valence-corrected chi connectivity index (χ0v) is 12.9. The van der Waals surface area contributed by atoms with Crippen LogP contribution >= 0.6 is 0 Å². The van der Waals surface area contributed by atoms with Gasteiger partial charge in [0.25, 0.3) is 0 Å². The molecule has 0 radical (unpaired) electrons. The molecule has 0 aliphatic heterocycles. The van der Waals surface area contributed by atoms with Crippen LogP contribution in [-0.4, -0.2) is 0 Å². The Bertz CT molecular complexity index is 502. The molecule has 0 atom stereocenters. The molecule has 0 fully saturated rings. The molecule has 0 amide bonds. The number of allylic oxidation sites excluding steroid dienone is 8. The summed E-state index contributed by atoms with van der Waals surface area (Å²) < 4.78 is 0. The van der Waals surface area contributed by atoms with Gasteiger partial charge < -0.3 is 0 Å². The van der Waals surface area contributed by atoms with Gasteiger partial charge in [0, 0.05) is 5.41 Å². The van der Waals surface area contributed by atoms with Crippen LogP contribution in [0.25, 0.3) is 0 Å². The third-order valence-corrected chi connectivity index (χ3v) is 4.92. The topological polar surface area (TPSA) is 0 Å². The van der Waals surface area contributed by atoms with Gasteiger partial charge in [-0.2, -0.15) is 0 Å². The van der Waals surface area contributed by atoms with Gasteiger partial charge in [-0.3, -0.25) is 0 Å². The number of hydrogen-bond acceptors (Lipinski definition) is 0. The smallest absolute Gasteiger partial charge is 0.0117 e. The highest BCUT2D eigenvalue weighted by molar-refractivity contribution is 5.64. The lowest BCUT2D eigenvalue weighted by Crippen LogP contribution is -2.16. The average Bonchev–Trinajstić information content (AvgIpc) is 2.79. The fourth-order valence-corrected chi connectivity index (χ4v) is 3.46. The molecule has 0 saturated carbocycles. The molecule has 0 N–H and O–H groups in total. The summed E-state index contributed by atoms with van der Waals surface area (Å²) in [5.74, 6) is 0.621. The van der Waals surface area contributed by atoms with E-state index >= 15 is 0 Å². The summed E-state index contributed by atoms with van der Waals surface area (Å²) in [6.45, 7) is 16.2. The van der Waals surface area contributed by atoms with Gasteiger partial charge in [-0.05, 0) is 61.0 Å². The summed E-state index contributed by atoms with van der Waals surface area (Å²) in [5, 5.41) is 0. The van der Waals surface area contributed by atoms with Crippen LogP contribution in [0.2, 0.25) is 0 Å². The van der Waals surface area contributed by atoms with E-state index < -0.39 is 0 Å². The van der Waals surface area contributed by atoms with Gasteiger partial charge >= 0.3 is 0 Å². The van der Waals surface area contributed by atoms with Crippen LogP contribution in [-0.2, 0) is 0 Å². The van der Waals surface area contributed by atoms with Crippen LogP contribution in [0.15, 0.2) is 45.6 Å². The van der Waals surface area contributed by atoms with Crippen LogP contribution in [0, 0.1) is 11.3 Å². The molecule has 98 valence electrons. The summed E-state index contributed by atoms with van der Waals surface area (Å²) in [6, 6.07) is 0. The minimum absolute atomic E-state index is 0.193. The predicted octanol–water partition coefficient (Wildman–Crippen LogP) is 5.59. The maximum absolute atomic E-state index is 2.42. The van der Waals surface area contributed by atoms with Crippen LogP contribution < -0.4 is 0 Å². The molecule has 0 nitrogen and oxygen atoms in total. The molecule has 2 aliphatic rings. The summed E-state index contributed by atoms with van der Waals surface area (Å²) in [4.78, 5) is 0. The number of rotatable bonds is 2. The normalized spacial score (nSPS) is 23.1. The van der Waals surface area contributed by atoms with Crippen molar-refractivity contribution >= 4 is 0 Å². The Morgan fingerprint density at radius 3 is 2.06 bits per heavy atom. The molecule has 0 aromatic heterocycles. The van der Waals surface area contributed by atoms with Crippen molar-refractivity contribution in [3.05, 3.63) is 45.6 Å². The fourth-order valence-electron chi connectivity index (χ4n) is 3.46. The van der Waals surface area contributed by atoms with Crippen LogP contribution in [0.1, 0.15) is 54.9 Å². The van der Waals surface area contributed by atoms with E-state index in [1.807, 2.05) is 0 Å². The van der Waals surface area contributed by atoms with Crippen LogP contribution in [0.4, 0.5) is 0 Å². The highest BCUT2D eigenvalue weighted by Crippen LogP contribution is 2.52. The standard InChI is InChI=1S/C18H26/c1-11(2)15-9-8-10-16(15)17-13(4)12(3)14(5)18(17,6)7/h9-11H,8H2,1-7H3. The lowest BCUT2D eigenvalue weighted by Gasteiger charge is -2.29. The molecule has 2 aliphatic carbocycles. The van der Waals surface area contributed by atoms with Crippen LogP contribution in [0.5, 0.6) is 0 Å². The quantitative estimate of drug-likeness (QED) is 0.592. The van der Waals surface area contributed by atoms with Crippen LogP contribution in [0.3, 0.4) is 0 Å². The fraction of sp³-hybridized carbons (Fsp3) is 0.556. The van der Waals surface area contributed by atoms with Gasteiger partial charge in [-0.25, -0.2) is 0 Å². The first kappa shape index (κ1) is 13.4. The minimum atomic E-state index is 0.193. The third kappa shape index (κ3) is 1.74. The maximum Gasteiger partial charge on any atom is 0.0117 e. The monoisotopic (exact) mass is 242 g/mol. The van der Waals surface area contributed by atoms with Gasteiger partial charge in [0.15, 0.2) is 0 Å². The third-order valence-electron chi connectivity index (χ3n) is 4.92. The second-order valence-corrected chi connectivity index (χ2v) is 6.54. The lowest BCUT2D eigenvalue weighted by molar-refractivity contribution is 0.552. The SMILES string of the molecule is CC1=C(C)C(C)(C)C(C2=CCC=C2C(C)C)=C1C. The highest BCUT2D eigenvalue weighted by Gasteiger charge is 2.37. The van der Waals surface area contributed by atoms with E-state index in [-0.39, 0.29) is 5.41 Å². The van der Waals surface area contributed by atoms with Crippen molar-refractivity contribution in [3.63, 3.8) is 0 Å². The molecule has 0 spiro atoms. The van der Waals surface area contributed by atoms with Gasteiger partial charge in [0.05, 0.1) is 0 Å². The Hall–Kier alpha value is -1.04. The largest absolute Gasteiger partial charge is 0.0766 e. The summed E-state index contributed by atoms with van der Waals surface area (Å²) in [7, 11) is 0. The molecule has 18 heavy (non-hydrogen) atoms. The van der Waals surface area contributed by atoms with Crippen molar-refractivity contribution < 1.29 is 0 Å². The molecule has 2 rings (SSSR count). The summed E-state index contributed by atoms with van der Waals surface area (Å²) in [5.41, 5.74) is 9.34. The van der Waals surface area contributed by atoms with Gasteiger partial charge in [-0.15, -0.1) is 0 Å². The number of hydrogen-bond donors (Lipinski definition) is 0. The van der Waals surface area contributed by atoms with Crippen molar-refractivity contribution in [2.45, 2.75) is 54.9 Å². The molecular weight excluding hydrogens is 216 g/mol. The summed E-state index contributed by atoms with van der Waals surface area (Å²) >= 11 is 0. The molecule has 0 heterocycles. The molecule has 0 saturated heterocycles. The van der Waals surface area contributed by atoms with E-state index in [1.54, 1.807) is 11.1 Å².